The maximum Gasteiger partial charge on any atom is 0.186 e. The van der Waals surface area contributed by atoms with Crippen molar-refractivity contribution in [2.75, 3.05) is 6.61 Å². The molecule has 1 aliphatic carbocycles. The molecule has 0 aliphatic heterocycles. The van der Waals surface area contributed by atoms with Crippen molar-refractivity contribution in [3.8, 4) is 0 Å². The molecule has 0 spiro atoms. The van der Waals surface area contributed by atoms with Crippen LogP contribution >= 0.6 is 0 Å². The van der Waals surface area contributed by atoms with E-state index >= 15 is 0 Å². The van der Waals surface area contributed by atoms with E-state index < -0.39 is 0 Å². The second-order valence-electron chi connectivity index (χ2n) is 2.47. The zero-order valence-corrected chi connectivity index (χ0v) is 5.19. The monoisotopic (exact) mass is 113 g/mol. The van der Waals surface area contributed by atoms with E-state index in [0.717, 1.165) is 0 Å². The highest BCUT2D eigenvalue weighted by atomic mass is 16.3. The number of hydrogen-bond donors (Lipinski definition) is 1. The molecule has 1 nitrogen and oxygen atoms in total. The smallest absolute Gasteiger partial charge is 0.186 e. The molecule has 1 saturated carbocycles. The first-order valence-corrected chi connectivity index (χ1v) is 3.38. The van der Waals surface area contributed by atoms with Gasteiger partial charge in [0.25, 0.3) is 0 Å². The number of rotatable bonds is 1. The molecule has 0 radical (unpaired) electrons. The van der Waals surface area contributed by atoms with Gasteiger partial charge in [-0.05, 0) is 19.3 Å². The molecule has 8 heavy (non-hydrogen) atoms. The Labute approximate surface area is 50.7 Å². The summed E-state index contributed by atoms with van der Waals surface area (Å²) in [5, 5.41) is 8.65. The molecule has 0 aromatic rings. The summed E-state index contributed by atoms with van der Waals surface area (Å²) in [6.45, 7) is 0.333. The molecule has 0 bridgehead atoms. The predicted molar refractivity (Wildman–Crippen MR) is 33.4 cm³/mol. The zero-order valence-electron chi connectivity index (χ0n) is 5.19. The van der Waals surface area contributed by atoms with Crippen LogP contribution in [0.15, 0.2) is 0 Å². The maximum atomic E-state index is 8.65. The highest BCUT2D eigenvalue weighted by Gasteiger charge is 2.21. The summed E-state index contributed by atoms with van der Waals surface area (Å²) in [4.78, 5) is 0. The Hall–Kier alpha value is -0.170. The summed E-state index contributed by atoms with van der Waals surface area (Å²) in [5.41, 5.74) is 0. The summed E-state index contributed by atoms with van der Waals surface area (Å²) >= 11 is 0. The van der Waals surface area contributed by atoms with E-state index in [-0.39, 0.29) is 0 Å². The summed E-state index contributed by atoms with van der Waals surface area (Å²) in [5.74, 6) is 1.36. The van der Waals surface area contributed by atoms with Gasteiger partial charge in [-0.2, -0.15) is 0 Å². The molecule has 1 heteroatoms. The SMILES string of the molecule is OC[C+]1CCCCC1. The maximum absolute atomic E-state index is 8.65. The number of aliphatic hydroxyl groups excluding tert-OH is 1. The molecular weight excluding hydrogens is 100 g/mol. The van der Waals surface area contributed by atoms with Crippen LogP contribution in [0.3, 0.4) is 0 Å². The van der Waals surface area contributed by atoms with Crippen LogP contribution < -0.4 is 0 Å². The number of hydrogen-bond acceptors (Lipinski definition) is 1. The summed E-state index contributed by atoms with van der Waals surface area (Å²) in [6, 6.07) is 0. The Morgan fingerprint density at radius 1 is 1.12 bits per heavy atom. The van der Waals surface area contributed by atoms with Gasteiger partial charge in [0.1, 0.15) is 5.92 Å². The molecule has 1 aliphatic rings. The van der Waals surface area contributed by atoms with Crippen LogP contribution in [0, 0.1) is 5.92 Å². The molecule has 0 amide bonds. The van der Waals surface area contributed by atoms with Crippen LogP contribution in [0.4, 0.5) is 0 Å². The fourth-order valence-corrected chi connectivity index (χ4v) is 1.21. The average molecular weight is 113 g/mol. The van der Waals surface area contributed by atoms with E-state index in [1.54, 1.807) is 0 Å². The first-order valence-electron chi connectivity index (χ1n) is 3.38. The minimum Gasteiger partial charge on any atom is -0.356 e. The van der Waals surface area contributed by atoms with Crippen molar-refractivity contribution < 1.29 is 5.11 Å². The van der Waals surface area contributed by atoms with Crippen LogP contribution in [-0.2, 0) is 0 Å². The van der Waals surface area contributed by atoms with Gasteiger partial charge in [-0.15, -0.1) is 0 Å². The van der Waals surface area contributed by atoms with Gasteiger partial charge < -0.3 is 5.11 Å². The fourth-order valence-electron chi connectivity index (χ4n) is 1.21. The van der Waals surface area contributed by atoms with Crippen LogP contribution in [-0.4, -0.2) is 11.7 Å². The van der Waals surface area contributed by atoms with Crippen molar-refractivity contribution in [1.82, 2.24) is 0 Å². The zero-order chi connectivity index (χ0) is 5.82. The third-order valence-corrected chi connectivity index (χ3v) is 1.78. The van der Waals surface area contributed by atoms with Gasteiger partial charge in [-0.3, -0.25) is 0 Å². The average Bonchev–Trinajstić information content (AvgIpc) is 1.90. The molecule has 0 saturated heterocycles. The highest BCUT2D eigenvalue weighted by Crippen LogP contribution is 2.24. The summed E-state index contributed by atoms with van der Waals surface area (Å²) in [7, 11) is 0. The minimum absolute atomic E-state index is 0.333. The Morgan fingerprint density at radius 3 is 2.12 bits per heavy atom. The third-order valence-electron chi connectivity index (χ3n) is 1.78. The second kappa shape index (κ2) is 2.98. The molecule has 1 rings (SSSR count). The molecule has 0 aromatic heterocycles. The first-order chi connectivity index (χ1) is 3.93. The molecular formula is C7H13O+. The highest BCUT2D eigenvalue weighted by molar-refractivity contribution is 4.91. The van der Waals surface area contributed by atoms with Crippen molar-refractivity contribution in [3.05, 3.63) is 5.92 Å². The van der Waals surface area contributed by atoms with E-state index in [0.29, 0.717) is 6.61 Å². The Balaban J connectivity index is 2.13. The fraction of sp³-hybridized carbons (Fsp3) is 0.857. The van der Waals surface area contributed by atoms with Crippen LogP contribution in [0.1, 0.15) is 32.1 Å². The van der Waals surface area contributed by atoms with Crippen molar-refractivity contribution in [2.45, 2.75) is 32.1 Å². The van der Waals surface area contributed by atoms with Crippen LogP contribution in [0.5, 0.6) is 0 Å². The predicted octanol–water partition coefficient (Wildman–Crippen LogP) is 1.52. The lowest BCUT2D eigenvalue weighted by atomic mass is 9.90. The standard InChI is InChI=1S/C7H13O/c8-6-7-4-2-1-3-5-7/h8H,1-6H2/q+1. The molecule has 46 valence electrons. The van der Waals surface area contributed by atoms with E-state index in [9.17, 15) is 0 Å². The topological polar surface area (TPSA) is 20.2 Å². The van der Waals surface area contributed by atoms with Gasteiger partial charge in [-0.25, -0.2) is 0 Å². The number of aliphatic hydroxyl groups is 1. The first kappa shape index (κ1) is 5.96. The Kier molecular flexibility index (Phi) is 2.22. The lowest BCUT2D eigenvalue weighted by molar-refractivity contribution is 0.282. The van der Waals surface area contributed by atoms with Crippen LogP contribution in [0.2, 0.25) is 0 Å². The van der Waals surface area contributed by atoms with Gasteiger partial charge in [0.05, 0.1) is 12.8 Å². The van der Waals surface area contributed by atoms with Crippen molar-refractivity contribution >= 4 is 0 Å². The summed E-state index contributed by atoms with van der Waals surface area (Å²) in [6.07, 6.45) is 6.32. The van der Waals surface area contributed by atoms with Crippen molar-refractivity contribution in [1.29, 1.82) is 0 Å². The summed E-state index contributed by atoms with van der Waals surface area (Å²) < 4.78 is 0. The van der Waals surface area contributed by atoms with Gasteiger partial charge in [0.2, 0.25) is 0 Å². The lowest BCUT2D eigenvalue weighted by Gasteiger charge is -2.08. The van der Waals surface area contributed by atoms with E-state index in [1.807, 2.05) is 0 Å². The molecule has 1 fully saturated rings. The van der Waals surface area contributed by atoms with Gasteiger partial charge >= 0.3 is 0 Å². The minimum atomic E-state index is 0.333. The quantitative estimate of drug-likeness (QED) is 0.511. The van der Waals surface area contributed by atoms with Gasteiger partial charge in [-0.1, -0.05) is 0 Å². The van der Waals surface area contributed by atoms with Gasteiger partial charge in [0.15, 0.2) is 6.61 Å². The molecule has 0 atom stereocenters. The molecule has 0 aromatic carbocycles. The van der Waals surface area contributed by atoms with E-state index in [4.69, 9.17) is 5.11 Å². The van der Waals surface area contributed by atoms with E-state index in [2.05, 4.69) is 0 Å². The van der Waals surface area contributed by atoms with Crippen molar-refractivity contribution in [3.63, 3.8) is 0 Å². The molecule has 1 N–H and O–H groups in total. The normalized spacial score (nSPS) is 21.4. The Bertz CT molecular complexity index is 55.4. The Morgan fingerprint density at radius 2 is 1.75 bits per heavy atom. The molecule has 0 heterocycles. The van der Waals surface area contributed by atoms with Crippen molar-refractivity contribution in [2.24, 2.45) is 0 Å². The van der Waals surface area contributed by atoms with E-state index in [1.165, 1.54) is 38.0 Å². The van der Waals surface area contributed by atoms with Gasteiger partial charge in [0, 0.05) is 0 Å². The second-order valence-corrected chi connectivity index (χ2v) is 2.47. The third kappa shape index (κ3) is 1.41. The van der Waals surface area contributed by atoms with Crippen LogP contribution in [0.25, 0.3) is 0 Å². The lowest BCUT2D eigenvalue weighted by Crippen LogP contribution is -2.07. The largest absolute Gasteiger partial charge is 0.356 e. The molecule has 0 unspecified atom stereocenters.